The smallest absolute Gasteiger partial charge is 0.238 e. The molecule has 7 heteroatoms. The zero-order chi connectivity index (χ0) is 17.3. The molecular formula is C17H14O7. The van der Waals surface area contributed by atoms with Crippen LogP contribution in [0.15, 0.2) is 45.6 Å². The van der Waals surface area contributed by atoms with Gasteiger partial charge in [-0.15, -0.1) is 0 Å². The molecule has 0 aliphatic rings. The number of rotatable bonds is 4. The van der Waals surface area contributed by atoms with Gasteiger partial charge in [-0.3, -0.25) is 4.79 Å². The Kier molecular flexibility index (Phi) is 4.01. The summed E-state index contributed by atoms with van der Waals surface area (Å²) in [6.07, 6.45) is 0. The molecule has 0 amide bonds. The normalized spacial score (nSPS) is 10.9. The van der Waals surface area contributed by atoms with Crippen molar-refractivity contribution in [1.82, 2.24) is 0 Å². The number of aliphatic hydroxyl groups excluding tert-OH is 1. The average Bonchev–Trinajstić information content (AvgIpc) is 2.56. The molecule has 7 nitrogen and oxygen atoms in total. The maximum absolute atomic E-state index is 12.5. The molecule has 0 saturated carbocycles. The largest absolute Gasteiger partial charge is 0.508 e. The first-order chi connectivity index (χ1) is 11.5. The fourth-order valence-electron chi connectivity index (χ4n) is 2.34. The van der Waals surface area contributed by atoms with Crippen molar-refractivity contribution in [3.05, 3.63) is 46.6 Å². The number of aromatic hydroxyl groups is 3. The molecule has 0 spiro atoms. The Bertz CT molecular complexity index is 942. The van der Waals surface area contributed by atoms with Crippen LogP contribution in [0.25, 0.3) is 22.3 Å². The van der Waals surface area contributed by atoms with E-state index in [0.29, 0.717) is 5.56 Å². The minimum atomic E-state index is -0.729. The van der Waals surface area contributed by atoms with E-state index >= 15 is 0 Å². The van der Waals surface area contributed by atoms with Crippen LogP contribution in [0, 0.1) is 0 Å². The standard InChI is InChI=1S/C17H14O7/c18-5-6-23-12-7-11(20)8-13-14(12)15(21)16(22)17(24-13)9-1-3-10(19)4-2-9/h1-4,7-8,18-20,22H,5-6H2. The van der Waals surface area contributed by atoms with Crippen molar-refractivity contribution in [2.45, 2.75) is 0 Å². The number of benzene rings is 2. The lowest BCUT2D eigenvalue weighted by Crippen LogP contribution is -2.08. The highest BCUT2D eigenvalue weighted by Crippen LogP contribution is 2.35. The summed E-state index contributed by atoms with van der Waals surface area (Å²) in [5.41, 5.74) is -0.327. The van der Waals surface area contributed by atoms with Crippen LogP contribution in [0.2, 0.25) is 0 Å². The first kappa shape index (κ1) is 15.7. The van der Waals surface area contributed by atoms with Crippen LogP contribution in [0.4, 0.5) is 0 Å². The van der Waals surface area contributed by atoms with Crippen molar-refractivity contribution in [3.63, 3.8) is 0 Å². The summed E-state index contributed by atoms with van der Waals surface area (Å²) in [6, 6.07) is 8.16. The lowest BCUT2D eigenvalue weighted by Gasteiger charge is -2.11. The summed E-state index contributed by atoms with van der Waals surface area (Å²) in [4.78, 5) is 12.5. The lowest BCUT2D eigenvalue weighted by atomic mass is 10.1. The summed E-state index contributed by atoms with van der Waals surface area (Å²) < 4.78 is 10.8. The highest BCUT2D eigenvalue weighted by molar-refractivity contribution is 5.88. The zero-order valence-electron chi connectivity index (χ0n) is 12.4. The zero-order valence-corrected chi connectivity index (χ0v) is 12.4. The second-order valence-electron chi connectivity index (χ2n) is 5.04. The molecule has 0 bridgehead atoms. The Morgan fingerprint density at radius 3 is 2.38 bits per heavy atom. The molecule has 3 aromatic rings. The van der Waals surface area contributed by atoms with Crippen LogP contribution < -0.4 is 10.2 Å². The van der Waals surface area contributed by atoms with E-state index in [-0.39, 0.29) is 47.2 Å². The van der Waals surface area contributed by atoms with Crippen molar-refractivity contribution in [2.75, 3.05) is 13.2 Å². The Labute approximate surface area is 135 Å². The van der Waals surface area contributed by atoms with Gasteiger partial charge >= 0.3 is 0 Å². The molecule has 0 atom stereocenters. The van der Waals surface area contributed by atoms with E-state index in [9.17, 15) is 20.1 Å². The van der Waals surface area contributed by atoms with Crippen LogP contribution in [0.5, 0.6) is 23.0 Å². The van der Waals surface area contributed by atoms with E-state index in [1.165, 1.54) is 36.4 Å². The predicted molar refractivity (Wildman–Crippen MR) is 85.5 cm³/mol. The summed E-state index contributed by atoms with van der Waals surface area (Å²) >= 11 is 0. The van der Waals surface area contributed by atoms with Crippen molar-refractivity contribution in [1.29, 1.82) is 0 Å². The fourth-order valence-corrected chi connectivity index (χ4v) is 2.34. The quantitative estimate of drug-likeness (QED) is 0.577. The minimum Gasteiger partial charge on any atom is -0.508 e. The second-order valence-corrected chi connectivity index (χ2v) is 5.04. The second kappa shape index (κ2) is 6.13. The van der Waals surface area contributed by atoms with Gasteiger partial charge in [-0.05, 0) is 24.3 Å². The van der Waals surface area contributed by atoms with Crippen molar-refractivity contribution in [3.8, 4) is 34.3 Å². The lowest BCUT2D eigenvalue weighted by molar-refractivity contribution is 0.202. The van der Waals surface area contributed by atoms with E-state index in [1.807, 2.05) is 0 Å². The SMILES string of the molecule is O=c1c(O)c(-c2ccc(O)cc2)oc2cc(O)cc(OCCO)c12. The third-order valence-corrected chi connectivity index (χ3v) is 3.40. The average molecular weight is 330 g/mol. The van der Waals surface area contributed by atoms with Gasteiger partial charge in [-0.1, -0.05) is 0 Å². The van der Waals surface area contributed by atoms with E-state index in [4.69, 9.17) is 14.3 Å². The van der Waals surface area contributed by atoms with Gasteiger partial charge in [0, 0.05) is 17.7 Å². The van der Waals surface area contributed by atoms with Crippen molar-refractivity contribution >= 4 is 11.0 Å². The maximum Gasteiger partial charge on any atom is 0.238 e. The van der Waals surface area contributed by atoms with Gasteiger partial charge in [0.25, 0.3) is 0 Å². The molecule has 3 rings (SSSR count). The fraction of sp³-hybridized carbons (Fsp3) is 0.118. The molecule has 0 fully saturated rings. The Morgan fingerprint density at radius 2 is 1.71 bits per heavy atom. The van der Waals surface area contributed by atoms with Gasteiger partial charge in [-0.25, -0.2) is 0 Å². The molecular weight excluding hydrogens is 316 g/mol. The van der Waals surface area contributed by atoms with E-state index < -0.39 is 11.2 Å². The highest BCUT2D eigenvalue weighted by Gasteiger charge is 2.19. The number of fused-ring (bicyclic) bond motifs is 1. The topological polar surface area (TPSA) is 120 Å². The van der Waals surface area contributed by atoms with E-state index in [0.717, 1.165) is 0 Å². The molecule has 0 radical (unpaired) electrons. The summed E-state index contributed by atoms with van der Waals surface area (Å²) in [5, 5.41) is 38.1. The number of aliphatic hydroxyl groups is 1. The third-order valence-electron chi connectivity index (χ3n) is 3.40. The van der Waals surface area contributed by atoms with E-state index in [1.54, 1.807) is 0 Å². The minimum absolute atomic E-state index is 0.000330. The Balaban J connectivity index is 2.26. The highest BCUT2D eigenvalue weighted by atomic mass is 16.5. The number of phenolic OH excluding ortho intramolecular Hbond substituents is 2. The number of hydrogen-bond acceptors (Lipinski definition) is 7. The maximum atomic E-state index is 12.5. The van der Waals surface area contributed by atoms with Gasteiger partial charge in [0.05, 0.1) is 6.61 Å². The number of ether oxygens (including phenoxy) is 1. The Morgan fingerprint density at radius 1 is 1.00 bits per heavy atom. The van der Waals surface area contributed by atoms with Crippen LogP contribution in [-0.4, -0.2) is 33.6 Å². The van der Waals surface area contributed by atoms with Crippen LogP contribution in [0.3, 0.4) is 0 Å². The van der Waals surface area contributed by atoms with Crippen LogP contribution in [-0.2, 0) is 0 Å². The molecule has 4 N–H and O–H groups in total. The van der Waals surface area contributed by atoms with Crippen molar-refractivity contribution in [2.24, 2.45) is 0 Å². The monoisotopic (exact) mass is 330 g/mol. The van der Waals surface area contributed by atoms with E-state index in [2.05, 4.69) is 0 Å². The van der Waals surface area contributed by atoms with Gasteiger partial charge in [0.2, 0.25) is 11.2 Å². The first-order valence-corrected chi connectivity index (χ1v) is 7.07. The van der Waals surface area contributed by atoms with Crippen LogP contribution in [0.1, 0.15) is 0 Å². The molecule has 2 aromatic carbocycles. The molecule has 0 aliphatic carbocycles. The van der Waals surface area contributed by atoms with Crippen molar-refractivity contribution < 1.29 is 29.6 Å². The summed E-state index contributed by atoms with van der Waals surface area (Å²) in [5.74, 6) is -0.876. The third kappa shape index (κ3) is 2.72. The molecule has 124 valence electrons. The summed E-state index contributed by atoms with van der Waals surface area (Å²) in [7, 11) is 0. The van der Waals surface area contributed by atoms with Gasteiger partial charge in [-0.2, -0.15) is 0 Å². The molecule has 0 aliphatic heterocycles. The molecule has 1 aromatic heterocycles. The van der Waals surface area contributed by atoms with Gasteiger partial charge in [0.15, 0.2) is 5.76 Å². The van der Waals surface area contributed by atoms with Crippen LogP contribution >= 0.6 is 0 Å². The first-order valence-electron chi connectivity index (χ1n) is 7.07. The predicted octanol–water partition coefficient (Wildman–Crippen LogP) is 1.95. The molecule has 0 saturated heterocycles. The Hall–Kier alpha value is -3.19. The molecule has 0 unspecified atom stereocenters. The molecule has 24 heavy (non-hydrogen) atoms. The van der Waals surface area contributed by atoms with Gasteiger partial charge < -0.3 is 29.6 Å². The number of hydrogen-bond donors (Lipinski definition) is 4. The number of phenols is 2. The van der Waals surface area contributed by atoms with Gasteiger partial charge in [0.1, 0.15) is 34.8 Å². The molecule has 1 heterocycles. The summed E-state index contributed by atoms with van der Waals surface area (Å²) in [6.45, 7) is -0.363.